The molecule has 232 valence electrons. The number of halogens is 3. The molecule has 1 aromatic carbocycles. The third kappa shape index (κ3) is 4.32. The van der Waals surface area contributed by atoms with Gasteiger partial charge in [-0.2, -0.15) is 15.1 Å². The fourth-order valence-corrected chi connectivity index (χ4v) is 8.29. The quantitative estimate of drug-likeness (QED) is 0.324. The maximum absolute atomic E-state index is 16.8. The highest BCUT2D eigenvalue weighted by atomic mass is 19.1. The second-order valence-corrected chi connectivity index (χ2v) is 13.4. The standard InChI is InChI=1S/C32H36F3N7O2/c1-3-18-12-36-42-15-21(43)9-22(28(18)42)25-24(34)10-23-27(26(25)35)37-30(44-17-32-6-4-8-41(32)13-19(33)11-32)38-29(23)40-14-20-5-7-31(2,16-40)39-20/h9-10,12,15,19-20,39,43H,3-8,11,13-14,16-17H2,1-2H3/t19-,20?,31+,32+/m1/s1. The Bertz CT molecular complexity index is 1800. The van der Waals surface area contributed by atoms with Gasteiger partial charge in [0.2, 0.25) is 0 Å². The Balaban J connectivity index is 1.29. The predicted octanol–water partition coefficient (Wildman–Crippen LogP) is 4.78. The van der Waals surface area contributed by atoms with Crippen LogP contribution in [0.4, 0.5) is 19.0 Å². The highest BCUT2D eigenvalue weighted by Crippen LogP contribution is 2.43. The number of nitrogens with one attached hydrogen (secondary N) is 1. The summed E-state index contributed by atoms with van der Waals surface area (Å²) < 4.78 is 55.1. The van der Waals surface area contributed by atoms with Gasteiger partial charge in [-0.3, -0.25) is 4.90 Å². The van der Waals surface area contributed by atoms with Gasteiger partial charge in [0, 0.05) is 48.6 Å². The second kappa shape index (κ2) is 9.93. The van der Waals surface area contributed by atoms with Gasteiger partial charge in [-0.15, -0.1) is 0 Å². The maximum atomic E-state index is 16.8. The number of piperazine rings is 1. The summed E-state index contributed by atoms with van der Waals surface area (Å²) in [6.07, 6.45) is 6.88. The Morgan fingerprint density at radius 2 is 2.05 bits per heavy atom. The molecule has 0 spiro atoms. The molecular formula is C32H36F3N7O2. The normalized spacial score (nSPS) is 28.4. The Morgan fingerprint density at radius 3 is 2.86 bits per heavy atom. The number of fused-ring (bicyclic) bond motifs is 5. The minimum atomic E-state index is -0.914. The van der Waals surface area contributed by atoms with E-state index in [1.165, 1.54) is 22.8 Å². The van der Waals surface area contributed by atoms with E-state index in [0.29, 0.717) is 43.8 Å². The van der Waals surface area contributed by atoms with Crippen molar-refractivity contribution in [1.82, 2.24) is 29.8 Å². The minimum Gasteiger partial charge on any atom is -0.506 e. The number of benzene rings is 1. The summed E-state index contributed by atoms with van der Waals surface area (Å²) in [5, 5.41) is 18.7. The van der Waals surface area contributed by atoms with Crippen molar-refractivity contribution in [1.29, 1.82) is 0 Å². The molecule has 0 saturated carbocycles. The van der Waals surface area contributed by atoms with Gasteiger partial charge in [0.15, 0.2) is 5.82 Å². The molecular weight excluding hydrogens is 571 g/mol. The highest BCUT2D eigenvalue weighted by Gasteiger charge is 2.49. The molecule has 4 aliphatic heterocycles. The van der Waals surface area contributed by atoms with E-state index in [9.17, 15) is 9.50 Å². The van der Waals surface area contributed by atoms with Crippen LogP contribution >= 0.6 is 0 Å². The number of rotatable bonds is 6. The first kappa shape index (κ1) is 27.9. The Labute approximate surface area is 253 Å². The van der Waals surface area contributed by atoms with Gasteiger partial charge in [0.25, 0.3) is 0 Å². The molecule has 1 unspecified atom stereocenters. The monoisotopic (exact) mass is 607 g/mol. The number of anilines is 1. The van der Waals surface area contributed by atoms with Crippen molar-refractivity contribution < 1.29 is 23.0 Å². The van der Waals surface area contributed by atoms with Crippen LogP contribution in [0.15, 0.2) is 24.5 Å². The van der Waals surface area contributed by atoms with E-state index in [1.807, 2.05) is 6.92 Å². The van der Waals surface area contributed by atoms with Gasteiger partial charge in [-0.1, -0.05) is 6.92 Å². The van der Waals surface area contributed by atoms with Gasteiger partial charge >= 0.3 is 6.01 Å². The summed E-state index contributed by atoms with van der Waals surface area (Å²) in [5.74, 6) is -1.39. The molecule has 4 saturated heterocycles. The number of aromatic nitrogens is 4. The van der Waals surface area contributed by atoms with E-state index in [2.05, 4.69) is 32.1 Å². The third-order valence-electron chi connectivity index (χ3n) is 10.3. The number of alkyl halides is 1. The third-order valence-corrected chi connectivity index (χ3v) is 10.3. The lowest BCUT2D eigenvalue weighted by atomic mass is 9.95. The molecule has 4 aliphatic rings. The fraction of sp³-hybridized carbons (Fsp3) is 0.531. The number of pyridine rings is 1. The molecule has 0 aliphatic carbocycles. The van der Waals surface area contributed by atoms with Crippen LogP contribution in [0.3, 0.4) is 0 Å². The largest absolute Gasteiger partial charge is 0.506 e. The summed E-state index contributed by atoms with van der Waals surface area (Å²) in [6, 6.07) is 2.88. The lowest BCUT2D eigenvalue weighted by Gasteiger charge is -2.40. The van der Waals surface area contributed by atoms with E-state index in [4.69, 9.17) is 9.72 Å². The molecule has 4 fully saturated rings. The van der Waals surface area contributed by atoms with Crippen molar-refractivity contribution >= 4 is 22.2 Å². The molecule has 3 aromatic heterocycles. The van der Waals surface area contributed by atoms with Gasteiger partial charge < -0.3 is 20.1 Å². The van der Waals surface area contributed by atoms with Crippen molar-refractivity contribution in [2.75, 3.05) is 37.7 Å². The summed E-state index contributed by atoms with van der Waals surface area (Å²) >= 11 is 0. The average Bonchev–Trinajstić information content (AvgIpc) is 3.72. The molecule has 2 bridgehead atoms. The molecule has 0 amide bonds. The van der Waals surface area contributed by atoms with Gasteiger partial charge in [0.1, 0.15) is 35.7 Å². The first-order chi connectivity index (χ1) is 21.1. The van der Waals surface area contributed by atoms with Crippen molar-refractivity contribution in [2.24, 2.45) is 0 Å². The Hall–Kier alpha value is -3.64. The van der Waals surface area contributed by atoms with E-state index < -0.39 is 23.3 Å². The highest BCUT2D eigenvalue weighted by molar-refractivity contribution is 5.96. The smallest absolute Gasteiger partial charge is 0.319 e. The zero-order chi connectivity index (χ0) is 30.4. The molecule has 9 nitrogen and oxygen atoms in total. The van der Waals surface area contributed by atoms with E-state index >= 15 is 8.78 Å². The maximum Gasteiger partial charge on any atom is 0.319 e. The first-order valence-electron chi connectivity index (χ1n) is 15.6. The molecule has 4 aromatic rings. The van der Waals surface area contributed by atoms with Crippen molar-refractivity contribution in [3.05, 3.63) is 41.7 Å². The molecule has 44 heavy (non-hydrogen) atoms. The van der Waals surface area contributed by atoms with Crippen LogP contribution in [0.1, 0.15) is 51.5 Å². The van der Waals surface area contributed by atoms with Crippen molar-refractivity contribution in [3.63, 3.8) is 0 Å². The summed E-state index contributed by atoms with van der Waals surface area (Å²) in [5.41, 5.74) is 0.554. The molecule has 8 rings (SSSR count). The lowest BCUT2D eigenvalue weighted by molar-refractivity contribution is 0.107. The van der Waals surface area contributed by atoms with Crippen molar-refractivity contribution in [2.45, 2.75) is 75.7 Å². The molecule has 2 N–H and O–H groups in total. The average molecular weight is 608 g/mol. The predicted molar refractivity (Wildman–Crippen MR) is 160 cm³/mol. The zero-order valence-corrected chi connectivity index (χ0v) is 24.9. The van der Waals surface area contributed by atoms with E-state index in [1.54, 1.807) is 6.20 Å². The van der Waals surface area contributed by atoms with Crippen LogP contribution in [-0.2, 0) is 6.42 Å². The lowest BCUT2D eigenvalue weighted by Crippen LogP contribution is -2.58. The molecule has 12 heteroatoms. The van der Waals surface area contributed by atoms with Crippen LogP contribution < -0.4 is 15.0 Å². The minimum absolute atomic E-state index is 0.0109. The molecule has 0 radical (unpaired) electrons. The zero-order valence-electron chi connectivity index (χ0n) is 24.9. The number of aryl methyl sites for hydroxylation is 1. The van der Waals surface area contributed by atoms with Gasteiger partial charge in [-0.25, -0.2) is 17.7 Å². The first-order valence-corrected chi connectivity index (χ1v) is 15.6. The van der Waals surface area contributed by atoms with Crippen LogP contribution in [0.2, 0.25) is 0 Å². The van der Waals surface area contributed by atoms with E-state index in [-0.39, 0.29) is 52.0 Å². The van der Waals surface area contributed by atoms with Gasteiger partial charge in [-0.05, 0) is 63.3 Å². The van der Waals surface area contributed by atoms with E-state index in [0.717, 1.165) is 37.8 Å². The Morgan fingerprint density at radius 1 is 1.18 bits per heavy atom. The van der Waals surface area contributed by atoms with Crippen LogP contribution in [0, 0.1) is 11.6 Å². The second-order valence-electron chi connectivity index (χ2n) is 13.4. The summed E-state index contributed by atoms with van der Waals surface area (Å²) in [7, 11) is 0. The Kier molecular flexibility index (Phi) is 6.29. The number of hydrogen-bond donors (Lipinski definition) is 2. The number of nitrogens with zero attached hydrogens (tertiary/aromatic N) is 6. The van der Waals surface area contributed by atoms with Crippen LogP contribution in [0.25, 0.3) is 27.5 Å². The molecule has 7 heterocycles. The molecule has 4 atom stereocenters. The summed E-state index contributed by atoms with van der Waals surface area (Å²) in [6.45, 7) is 6.74. The number of ether oxygens (including phenoxy) is 1. The SMILES string of the molecule is CCc1cnn2cc(O)cc(-c3c(F)cc4c(N5CC6CC[C@@](C)(C5)N6)nc(OC[C@@]56CCCN5C[C@H](F)C6)nc4c3F)c12. The van der Waals surface area contributed by atoms with Gasteiger partial charge in [0.05, 0.1) is 29.0 Å². The number of hydrogen-bond acceptors (Lipinski definition) is 8. The summed E-state index contributed by atoms with van der Waals surface area (Å²) in [4.78, 5) is 13.5. The van der Waals surface area contributed by atoms with Crippen molar-refractivity contribution in [3.8, 4) is 22.9 Å². The fourth-order valence-electron chi connectivity index (χ4n) is 8.29. The van der Waals surface area contributed by atoms with Crippen LogP contribution in [0.5, 0.6) is 11.8 Å². The number of aromatic hydroxyl groups is 1. The van der Waals surface area contributed by atoms with Crippen LogP contribution in [-0.4, -0.2) is 85.7 Å². The topological polar surface area (TPSA) is 91.0 Å².